The highest BCUT2D eigenvalue weighted by Gasteiger charge is 2.08. The number of hydrogen-bond acceptors (Lipinski definition) is 4. The standard InChI is InChI=1S/C13H20BrN3O/c14-10-12-2-3-13(16-11-12)15-4-1-5-17-6-8-18-9-7-17/h2-3,11H,1,4-10H2,(H,15,16). The van der Waals surface area contributed by atoms with Crippen molar-refractivity contribution in [2.75, 3.05) is 44.7 Å². The Balaban J connectivity index is 1.62. The van der Waals surface area contributed by atoms with Gasteiger partial charge in [0.05, 0.1) is 13.2 Å². The molecular formula is C13H20BrN3O. The van der Waals surface area contributed by atoms with Crippen molar-refractivity contribution < 1.29 is 4.74 Å². The first-order valence-corrected chi connectivity index (χ1v) is 7.55. The number of morpholine rings is 1. The zero-order valence-electron chi connectivity index (χ0n) is 10.6. The molecule has 0 unspecified atom stereocenters. The summed E-state index contributed by atoms with van der Waals surface area (Å²) in [5.41, 5.74) is 1.20. The third kappa shape index (κ3) is 4.55. The Hall–Kier alpha value is -0.650. The highest BCUT2D eigenvalue weighted by molar-refractivity contribution is 9.08. The maximum atomic E-state index is 5.33. The summed E-state index contributed by atoms with van der Waals surface area (Å²) < 4.78 is 5.33. The zero-order valence-corrected chi connectivity index (χ0v) is 12.2. The Morgan fingerprint density at radius 1 is 1.33 bits per heavy atom. The normalized spacial score (nSPS) is 16.7. The number of rotatable bonds is 6. The number of anilines is 1. The number of halogens is 1. The number of hydrogen-bond donors (Lipinski definition) is 1. The molecule has 0 saturated carbocycles. The van der Waals surface area contributed by atoms with Gasteiger partial charge in [0, 0.05) is 31.2 Å². The maximum absolute atomic E-state index is 5.33. The minimum absolute atomic E-state index is 0.858. The molecule has 1 aliphatic heterocycles. The van der Waals surface area contributed by atoms with Crippen LogP contribution in [0.15, 0.2) is 18.3 Å². The minimum atomic E-state index is 0.858. The second-order valence-corrected chi connectivity index (χ2v) is 4.98. The SMILES string of the molecule is BrCc1ccc(NCCCN2CCOCC2)nc1. The molecule has 2 rings (SSSR count). The van der Waals surface area contributed by atoms with E-state index in [4.69, 9.17) is 4.74 Å². The lowest BCUT2D eigenvalue weighted by molar-refractivity contribution is 0.0378. The Bertz CT molecular complexity index is 339. The maximum Gasteiger partial charge on any atom is 0.125 e. The number of nitrogens with zero attached hydrogens (tertiary/aromatic N) is 2. The molecule has 0 atom stereocenters. The van der Waals surface area contributed by atoms with E-state index in [2.05, 4.69) is 37.2 Å². The van der Waals surface area contributed by atoms with Crippen LogP contribution in [0.25, 0.3) is 0 Å². The summed E-state index contributed by atoms with van der Waals surface area (Å²) in [7, 11) is 0. The van der Waals surface area contributed by atoms with E-state index in [1.165, 1.54) is 5.56 Å². The topological polar surface area (TPSA) is 37.4 Å². The number of nitrogens with one attached hydrogen (secondary N) is 1. The first-order chi connectivity index (χ1) is 8.88. The molecule has 2 heterocycles. The van der Waals surface area contributed by atoms with E-state index in [1.807, 2.05) is 12.3 Å². The molecule has 5 heteroatoms. The van der Waals surface area contributed by atoms with E-state index < -0.39 is 0 Å². The minimum Gasteiger partial charge on any atom is -0.379 e. The first kappa shape index (κ1) is 13.8. The lowest BCUT2D eigenvalue weighted by atomic mass is 10.3. The second-order valence-electron chi connectivity index (χ2n) is 4.42. The molecule has 1 saturated heterocycles. The van der Waals surface area contributed by atoms with E-state index in [1.54, 1.807) is 0 Å². The summed E-state index contributed by atoms with van der Waals surface area (Å²) in [4.78, 5) is 6.81. The average molecular weight is 314 g/mol. The fraction of sp³-hybridized carbons (Fsp3) is 0.615. The largest absolute Gasteiger partial charge is 0.379 e. The summed E-state index contributed by atoms with van der Waals surface area (Å²) >= 11 is 3.41. The average Bonchev–Trinajstić information content (AvgIpc) is 2.45. The van der Waals surface area contributed by atoms with Gasteiger partial charge in [-0.3, -0.25) is 4.90 Å². The first-order valence-electron chi connectivity index (χ1n) is 6.43. The predicted octanol–water partition coefficient (Wildman–Crippen LogP) is 2.11. The van der Waals surface area contributed by atoms with Gasteiger partial charge in [-0.15, -0.1) is 0 Å². The summed E-state index contributed by atoms with van der Waals surface area (Å²) in [5.74, 6) is 0.960. The van der Waals surface area contributed by atoms with Crippen molar-refractivity contribution in [1.29, 1.82) is 0 Å². The quantitative estimate of drug-likeness (QED) is 0.645. The van der Waals surface area contributed by atoms with Crippen molar-refractivity contribution in [2.45, 2.75) is 11.8 Å². The van der Waals surface area contributed by atoms with Crippen molar-refractivity contribution in [2.24, 2.45) is 0 Å². The second kappa shape index (κ2) is 7.71. The van der Waals surface area contributed by atoms with Crippen LogP contribution in [-0.2, 0) is 10.1 Å². The highest BCUT2D eigenvalue weighted by atomic mass is 79.9. The Morgan fingerprint density at radius 3 is 2.83 bits per heavy atom. The van der Waals surface area contributed by atoms with Crippen LogP contribution in [0.3, 0.4) is 0 Å². The van der Waals surface area contributed by atoms with Gasteiger partial charge in [-0.1, -0.05) is 22.0 Å². The summed E-state index contributed by atoms with van der Waals surface area (Å²) in [6.45, 7) is 6.00. The van der Waals surface area contributed by atoms with Gasteiger partial charge in [-0.2, -0.15) is 0 Å². The smallest absolute Gasteiger partial charge is 0.125 e. The lowest BCUT2D eigenvalue weighted by Gasteiger charge is -2.26. The molecule has 1 aliphatic rings. The molecule has 1 N–H and O–H groups in total. The predicted molar refractivity (Wildman–Crippen MR) is 77.2 cm³/mol. The van der Waals surface area contributed by atoms with Gasteiger partial charge in [-0.25, -0.2) is 4.98 Å². The van der Waals surface area contributed by atoms with E-state index in [9.17, 15) is 0 Å². The number of alkyl halides is 1. The van der Waals surface area contributed by atoms with Gasteiger partial charge in [-0.05, 0) is 24.6 Å². The Labute approximate surface area is 117 Å². The van der Waals surface area contributed by atoms with E-state index in [-0.39, 0.29) is 0 Å². The van der Waals surface area contributed by atoms with E-state index in [0.29, 0.717) is 0 Å². The molecule has 0 radical (unpaired) electrons. The fourth-order valence-corrected chi connectivity index (χ4v) is 2.28. The third-order valence-corrected chi connectivity index (χ3v) is 3.69. The van der Waals surface area contributed by atoms with Crippen LogP contribution in [0.1, 0.15) is 12.0 Å². The molecule has 4 nitrogen and oxygen atoms in total. The molecule has 0 spiro atoms. The molecule has 0 aromatic carbocycles. The Morgan fingerprint density at radius 2 is 2.17 bits per heavy atom. The van der Waals surface area contributed by atoms with Crippen LogP contribution in [0, 0.1) is 0 Å². The van der Waals surface area contributed by atoms with Crippen LogP contribution < -0.4 is 5.32 Å². The molecule has 1 aromatic heterocycles. The summed E-state index contributed by atoms with van der Waals surface area (Å²) in [6, 6.07) is 4.12. The van der Waals surface area contributed by atoms with Crippen LogP contribution in [0.4, 0.5) is 5.82 Å². The van der Waals surface area contributed by atoms with Gasteiger partial charge >= 0.3 is 0 Å². The van der Waals surface area contributed by atoms with Gasteiger partial charge in [0.15, 0.2) is 0 Å². The molecule has 0 aliphatic carbocycles. The molecule has 18 heavy (non-hydrogen) atoms. The number of ether oxygens (including phenoxy) is 1. The van der Waals surface area contributed by atoms with Crippen molar-refractivity contribution in [3.63, 3.8) is 0 Å². The molecule has 1 fully saturated rings. The van der Waals surface area contributed by atoms with Crippen LogP contribution in [0.5, 0.6) is 0 Å². The van der Waals surface area contributed by atoms with Crippen LogP contribution in [-0.4, -0.2) is 49.3 Å². The van der Waals surface area contributed by atoms with Gasteiger partial charge in [0.25, 0.3) is 0 Å². The highest BCUT2D eigenvalue weighted by Crippen LogP contribution is 2.08. The third-order valence-electron chi connectivity index (χ3n) is 3.04. The van der Waals surface area contributed by atoms with Crippen LogP contribution >= 0.6 is 15.9 Å². The molecule has 100 valence electrons. The van der Waals surface area contributed by atoms with E-state index >= 15 is 0 Å². The lowest BCUT2D eigenvalue weighted by Crippen LogP contribution is -2.37. The summed E-state index contributed by atoms with van der Waals surface area (Å²) in [6.07, 6.45) is 3.04. The number of pyridine rings is 1. The monoisotopic (exact) mass is 313 g/mol. The van der Waals surface area contributed by atoms with Crippen molar-refractivity contribution in [3.8, 4) is 0 Å². The summed E-state index contributed by atoms with van der Waals surface area (Å²) in [5, 5.41) is 4.21. The zero-order chi connectivity index (χ0) is 12.6. The van der Waals surface area contributed by atoms with Gasteiger partial charge in [0.2, 0.25) is 0 Å². The molecule has 0 amide bonds. The van der Waals surface area contributed by atoms with Crippen molar-refractivity contribution in [1.82, 2.24) is 9.88 Å². The van der Waals surface area contributed by atoms with Crippen molar-refractivity contribution in [3.05, 3.63) is 23.9 Å². The molecular weight excluding hydrogens is 294 g/mol. The van der Waals surface area contributed by atoms with Crippen LogP contribution in [0.2, 0.25) is 0 Å². The fourth-order valence-electron chi connectivity index (χ4n) is 1.95. The Kier molecular flexibility index (Phi) is 5.90. The van der Waals surface area contributed by atoms with Gasteiger partial charge in [0.1, 0.15) is 5.82 Å². The van der Waals surface area contributed by atoms with Gasteiger partial charge < -0.3 is 10.1 Å². The molecule has 0 bridgehead atoms. The van der Waals surface area contributed by atoms with E-state index in [0.717, 1.165) is 57.0 Å². The molecule has 1 aromatic rings. The number of aromatic nitrogens is 1. The van der Waals surface area contributed by atoms with Crippen molar-refractivity contribution >= 4 is 21.7 Å².